The second-order valence-electron chi connectivity index (χ2n) is 6.00. The molecule has 2 atom stereocenters. The maximum Gasteiger partial charge on any atom is 0.227 e. The summed E-state index contributed by atoms with van der Waals surface area (Å²) in [6.07, 6.45) is 11.9. The molecule has 1 aliphatic carbocycles. The third-order valence-corrected chi connectivity index (χ3v) is 4.55. The van der Waals surface area contributed by atoms with Gasteiger partial charge in [0.05, 0.1) is 5.92 Å². The van der Waals surface area contributed by atoms with Crippen molar-refractivity contribution in [3.8, 4) is 0 Å². The van der Waals surface area contributed by atoms with Crippen molar-refractivity contribution in [3.05, 3.63) is 0 Å². The molecule has 0 aromatic carbocycles. The summed E-state index contributed by atoms with van der Waals surface area (Å²) in [7, 11) is 0. The van der Waals surface area contributed by atoms with E-state index in [1.54, 1.807) is 0 Å². The maximum absolute atomic E-state index is 12.6. The Morgan fingerprint density at radius 1 is 0.833 bits per heavy atom. The fourth-order valence-electron chi connectivity index (χ4n) is 3.35. The number of amides is 1. The molecular weight excluding hydrogens is 224 g/mol. The van der Waals surface area contributed by atoms with Crippen molar-refractivity contribution in [2.24, 2.45) is 11.7 Å². The second-order valence-corrected chi connectivity index (χ2v) is 6.00. The van der Waals surface area contributed by atoms with E-state index < -0.39 is 0 Å². The number of hydrogen-bond donors (Lipinski definition) is 1. The second kappa shape index (κ2) is 7.13. The van der Waals surface area contributed by atoms with E-state index in [1.165, 1.54) is 51.4 Å². The van der Waals surface area contributed by atoms with E-state index in [1.807, 2.05) is 0 Å². The van der Waals surface area contributed by atoms with Crippen LogP contribution >= 0.6 is 0 Å². The van der Waals surface area contributed by atoms with Crippen LogP contribution in [0.25, 0.3) is 0 Å². The number of carbonyl (C=O) groups excluding carboxylic acids is 1. The van der Waals surface area contributed by atoms with Crippen molar-refractivity contribution in [2.75, 3.05) is 13.1 Å². The van der Waals surface area contributed by atoms with Gasteiger partial charge in [-0.3, -0.25) is 4.79 Å². The van der Waals surface area contributed by atoms with Gasteiger partial charge in [0.1, 0.15) is 0 Å². The molecule has 0 aromatic rings. The molecule has 1 saturated heterocycles. The molecule has 18 heavy (non-hydrogen) atoms. The van der Waals surface area contributed by atoms with E-state index in [0.717, 1.165) is 25.9 Å². The van der Waals surface area contributed by atoms with Crippen molar-refractivity contribution >= 4 is 5.91 Å². The Labute approximate surface area is 111 Å². The van der Waals surface area contributed by atoms with Crippen LogP contribution in [0, 0.1) is 5.92 Å². The summed E-state index contributed by atoms with van der Waals surface area (Å²) >= 11 is 0. The summed E-state index contributed by atoms with van der Waals surface area (Å²) in [6, 6.07) is 0.102. The molecule has 3 heteroatoms. The Hall–Kier alpha value is -0.570. The topological polar surface area (TPSA) is 46.3 Å². The molecule has 2 fully saturated rings. The van der Waals surface area contributed by atoms with Crippen LogP contribution in [0.15, 0.2) is 0 Å². The molecule has 2 aliphatic rings. The van der Waals surface area contributed by atoms with Gasteiger partial charge >= 0.3 is 0 Å². The fourth-order valence-corrected chi connectivity index (χ4v) is 3.35. The van der Waals surface area contributed by atoms with Gasteiger partial charge in [0.15, 0.2) is 0 Å². The summed E-state index contributed by atoms with van der Waals surface area (Å²) in [5, 5.41) is 0. The highest BCUT2D eigenvalue weighted by molar-refractivity contribution is 5.79. The van der Waals surface area contributed by atoms with Crippen molar-refractivity contribution in [1.82, 2.24) is 4.90 Å². The fraction of sp³-hybridized carbons (Fsp3) is 0.933. The molecule has 1 heterocycles. The highest BCUT2D eigenvalue weighted by atomic mass is 16.2. The smallest absolute Gasteiger partial charge is 0.227 e. The molecule has 2 N–H and O–H groups in total. The Balaban J connectivity index is 1.94. The lowest BCUT2D eigenvalue weighted by Crippen LogP contribution is -2.44. The zero-order valence-electron chi connectivity index (χ0n) is 11.6. The zero-order chi connectivity index (χ0) is 12.8. The average molecular weight is 252 g/mol. The number of likely N-dealkylation sites (tertiary alicyclic amines) is 1. The van der Waals surface area contributed by atoms with Gasteiger partial charge < -0.3 is 10.6 Å². The molecule has 1 saturated carbocycles. The van der Waals surface area contributed by atoms with Gasteiger partial charge in [0.2, 0.25) is 5.91 Å². The van der Waals surface area contributed by atoms with E-state index >= 15 is 0 Å². The van der Waals surface area contributed by atoms with Gasteiger partial charge in [0, 0.05) is 19.1 Å². The predicted octanol–water partition coefficient (Wildman–Crippen LogP) is 2.69. The van der Waals surface area contributed by atoms with Crippen LogP contribution in [0.1, 0.15) is 64.2 Å². The zero-order valence-corrected chi connectivity index (χ0v) is 11.6. The Bertz CT molecular complexity index is 259. The maximum atomic E-state index is 12.6. The Kier molecular flexibility index (Phi) is 5.48. The lowest BCUT2D eigenvalue weighted by molar-refractivity contribution is -0.136. The summed E-state index contributed by atoms with van der Waals surface area (Å²) < 4.78 is 0. The average Bonchev–Trinajstić information content (AvgIpc) is 2.52. The summed E-state index contributed by atoms with van der Waals surface area (Å²) in [4.78, 5) is 14.7. The molecule has 0 spiro atoms. The van der Waals surface area contributed by atoms with Crippen LogP contribution in [0.3, 0.4) is 0 Å². The molecule has 2 unspecified atom stereocenters. The van der Waals surface area contributed by atoms with E-state index in [2.05, 4.69) is 4.90 Å². The van der Waals surface area contributed by atoms with Gasteiger partial charge in [-0.05, 0) is 25.7 Å². The lowest BCUT2D eigenvalue weighted by Gasteiger charge is -2.30. The molecule has 0 aromatic heterocycles. The van der Waals surface area contributed by atoms with E-state index in [9.17, 15) is 4.79 Å². The van der Waals surface area contributed by atoms with Crippen molar-refractivity contribution in [3.63, 3.8) is 0 Å². The minimum Gasteiger partial charge on any atom is -0.342 e. The van der Waals surface area contributed by atoms with Crippen LogP contribution in [0.5, 0.6) is 0 Å². The summed E-state index contributed by atoms with van der Waals surface area (Å²) in [5.74, 6) is 0.457. The van der Waals surface area contributed by atoms with Crippen LogP contribution < -0.4 is 5.73 Å². The first-order chi connectivity index (χ1) is 8.79. The highest BCUT2D eigenvalue weighted by Gasteiger charge is 2.30. The quantitative estimate of drug-likeness (QED) is 0.729. The first kappa shape index (κ1) is 13.9. The number of nitrogens with two attached hydrogens (primary N) is 1. The van der Waals surface area contributed by atoms with Gasteiger partial charge in [-0.2, -0.15) is 0 Å². The molecule has 3 nitrogen and oxygen atoms in total. The molecule has 1 aliphatic heterocycles. The SMILES string of the molecule is NC1CCCCCC1C(=O)N1CCCCCCC1. The molecule has 0 bridgehead atoms. The minimum atomic E-state index is 0.102. The molecule has 2 rings (SSSR count). The molecule has 0 radical (unpaired) electrons. The van der Waals surface area contributed by atoms with Crippen molar-refractivity contribution < 1.29 is 4.79 Å². The highest BCUT2D eigenvalue weighted by Crippen LogP contribution is 2.25. The summed E-state index contributed by atoms with van der Waals surface area (Å²) in [5.41, 5.74) is 6.21. The van der Waals surface area contributed by atoms with Crippen molar-refractivity contribution in [1.29, 1.82) is 0 Å². The number of rotatable bonds is 1. The van der Waals surface area contributed by atoms with Crippen LogP contribution in [-0.4, -0.2) is 29.9 Å². The Morgan fingerprint density at radius 2 is 1.39 bits per heavy atom. The number of nitrogens with zero attached hydrogens (tertiary/aromatic N) is 1. The van der Waals surface area contributed by atoms with Gasteiger partial charge in [-0.25, -0.2) is 0 Å². The van der Waals surface area contributed by atoms with Crippen molar-refractivity contribution in [2.45, 2.75) is 70.3 Å². The molecule has 104 valence electrons. The van der Waals surface area contributed by atoms with E-state index in [4.69, 9.17) is 5.73 Å². The van der Waals surface area contributed by atoms with Crippen LogP contribution in [-0.2, 0) is 4.79 Å². The largest absolute Gasteiger partial charge is 0.342 e. The standard InChI is InChI=1S/C15H28N2O/c16-14-10-6-4-5-9-13(14)15(18)17-11-7-2-1-3-8-12-17/h13-14H,1-12,16H2. The summed E-state index contributed by atoms with van der Waals surface area (Å²) in [6.45, 7) is 1.92. The predicted molar refractivity (Wildman–Crippen MR) is 74.2 cm³/mol. The first-order valence-corrected chi connectivity index (χ1v) is 7.83. The number of hydrogen-bond acceptors (Lipinski definition) is 2. The third kappa shape index (κ3) is 3.71. The van der Waals surface area contributed by atoms with Gasteiger partial charge in [-0.1, -0.05) is 38.5 Å². The minimum absolute atomic E-state index is 0.102. The number of carbonyl (C=O) groups is 1. The van der Waals surface area contributed by atoms with Crippen LogP contribution in [0.2, 0.25) is 0 Å². The third-order valence-electron chi connectivity index (χ3n) is 4.55. The Morgan fingerprint density at radius 3 is 2.11 bits per heavy atom. The van der Waals surface area contributed by atoms with E-state index in [-0.39, 0.29) is 12.0 Å². The molecule has 1 amide bonds. The van der Waals surface area contributed by atoms with Gasteiger partial charge in [0.25, 0.3) is 0 Å². The van der Waals surface area contributed by atoms with Crippen LogP contribution in [0.4, 0.5) is 0 Å². The monoisotopic (exact) mass is 252 g/mol. The lowest BCUT2D eigenvalue weighted by atomic mass is 9.93. The first-order valence-electron chi connectivity index (χ1n) is 7.83. The normalized spacial score (nSPS) is 31.3. The molecular formula is C15H28N2O. The van der Waals surface area contributed by atoms with Gasteiger partial charge in [-0.15, -0.1) is 0 Å². The van der Waals surface area contributed by atoms with E-state index in [0.29, 0.717) is 5.91 Å².